The van der Waals surface area contributed by atoms with Gasteiger partial charge in [0.25, 0.3) is 0 Å². The van der Waals surface area contributed by atoms with Crippen LogP contribution >= 0.6 is 0 Å². The second kappa shape index (κ2) is 4.00. The van der Waals surface area contributed by atoms with Gasteiger partial charge < -0.3 is 0 Å². The monoisotopic (exact) mass is 199 g/mol. The summed E-state index contributed by atoms with van der Waals surface area (Å²) in [6.45, 7) is 14.8. The van der Waals surface area contributed by atoms with Gasteiger partial charge in [-0.3, -0.25) is 0 Å². The molecule has 0 amide bonds. The molecule has 0 aromatic rings. The van der Waals surface area contributed by atoms with Crippen LogP contribution in [0.15, 0.2) is 5.18 Å². The van der Waals surface area contributed by atoms with Gasteiger partial charge in [0.05, 0.1) is 0 Å². The van der Waals surface area contributed by atoms with Crippen molar-refractivity contribution >= 4 is 0 Å². The first-order valence-corrected chi connectivity index (χ1v) is 5.42. The highest BCUT2D eigenvalue weighted by Gasteiger charge is 2.41. The Morgan fingerprint density at radius 2 is 1.43 bits per heavy atom. The van der Waals surface area contributed by atoms with E-state index in [1.165, 1.54) is 0 Å². The fourth-order valence-corrected chi connectivity index (χ4v) is 1.66. The van der Waals surface area contributed by atoms with Gasteiger partial charge in [0.1, 0.15) is 5.54 Å². The van der Waals surface area contributed by atoms with Gasteiger partial charge in [-0.05, 0) is 31.1 Å². The number of nitrogens with zero attached hydrogens (tertiary/aromatic N) is 1. The van der Waals surface area contributed by atoms with E-state index in [1.807, 2.05) is 13.8 Å². The van der Waals surface area contributed by atoms with Crippen LogP contribution in [0.2, 0.25) is 0 Å². The maximum Gasteiger partial charge on any atom is 0.102 e. The number of hydrogen-bond donors (Lipinski definition) is 0. The van der Waals surface area contributed by atoms with Crippen molar-refractivity contribution in [1.82, 2.24) is 0 Å². The van der Waals surface area contributed by atoms with Crippen molar-refractivity contribution in [3.8, 4) is 0 Å². The van der Waals surface area contributed by atoms with E-state index >= 15 is 0 Å². The van der Waals surface area contributed by atoms with E-state index in [9.17, 15) is 4.91 Å². The Morgan fingerprint density at radius 1 is 1.00 bits per heavy atom. The Morgan fingerprint density at radius 3 is 1.71 bits per heavy atom. The van der Waals surface area contributed by atoms with Crippen LogP contribution in [0.5, 0.6) is 0 Å². The molecule has 0 heterocycles. The number of rotatable bonds is 5. The minimum atomic E-state index is -0.487. The SMILES string of the molecule is CCC(C)(C)CC(C)(C)C(C)(C)N=O. The molecule has 84 valence electrons. The van der Waals surface area contributed by atoms with Crippen molar-refractivity contribution in [2.45, 2.75) is 66.8 Å². The van der Waals surface area contributed by atoms with E-state index in [0.717, 1.165) is 12.8 Å². The molecule has 0 unspecified atom stereocenters. The van der Waals surface area contributed by atoms with Crippen LogP contribution in [0.4, 0.5) is 0 Å². The Bertz CT molecular complexity index is 204. The zero-order chi connectivity index (χ0) is 11.6. The highest BCUT2D eigenvalue weighted by Crippen LogP contribution is 2.44. The Hall–Kier alpha value is -0.400. The summed E-state index contributed by atoms with van der Waals surface area (Å²) in [5.74, 6) is 0. The molecular weight excluding hydrogens is 174 g/mol. The van der Waals surface area contributed by atoms with Gasteiger partial charge in [-0.25, -0.2) is 0 Å². The molecule has 2 heteroatoms. The molecule has 0 N–H and O–H groups in total. The minimum Gasteiger partial charge on any atom is -0.150 e. The molecule has 0 aliphatic heterocycles. The van der Waals surface area contributed by atoms with Crippen LogP contribution in [0.25, 0.3) is 0 Å². The lowest BCUT2D eigenvalue weighted by Gasteiger charge is -2.41. The maximum atomic E-state index is 10.8. The van der Waals surface area contributed by atoms with Crippen molar-refractivity contribution in [3.05, 3.63) is 4.91 Å². The molecule has 0 aliphatic carbocycles. The van der Waals surface area contributed by atoms with Crippen LogP contribution < -0.4 is 0 Å². The zero-order valence-electron chi connectivity index (χ0n) is 10.8. The second-order valence-electron chi connectivity index (χ2n) is 6.23. The van der Waals surface area contributed by atoms with Crippen LogP contribution in [0.3, 0.4) is 0 Å². The Balaban J connectivity index is 4.73. The summed E-state index contributed by atoms with van der Waals surface area (Å²) in [4.78, 5) is 10.8. The van der Waals surface area contributed by atoms with Gasteiger partial charge in [0, 0.05) is 0 Å². The van der Waals surface area contributed by atoms with Crippen LogP contribution in [0, 0.1) is 15.7 Å². The molecule has 0 atom stereocenters. The normalized spacial score (nSPS) is 14.2. The van der Waals surface area contributed by atoms with E-state index in [2.05, 4.69) is 39.8 Å². The summed E-state index contributed by atoms with van der Waals surface area (Å²) in [6, 6.07) is 0. The Kier molecular flexibility index (Phi) is 3.88. The van der Waals surface area contributed by atoms with Crippen LogP contribution in [0.1, 0.15) is 61.3 Å². The molecule has 14 heavy (non-hydrogen) atoms. The molecule has 0 aromatic carbocycles. The van der Waals surface area contributed by atoms with E-state index in [4.69, 9.17) is 0 Å². The summed E-state index contributed by atoms with van der Waals surface area (Å²) < 4.78 is 0. The minimum absolute atomic E-state index is 0.0474. The van der Waals surface area contributed by atoms with Gasteiger partial charge >= 0.3 is 0 Å². The number of hydrogen-bond acceptors (Lipinski definition) is 2. The van der Waals surface area contributed by atoms with Gasteiger partial charge in [-0.2, -0.15) is 4.91 Å². The quantitative estimate of drug-likeness (QED) is 0.604. The highest BCUT2D eigenvalue weighted by molar-refractivity contribution is 4.95. The summed E-state index contributed by atoms with van der Waals surface area (Å²) in [5.41, 5.74) is -0.251. The van der Waals surface area contributed by atoms with Crippen LogP contribution in [-0.2, 0) is 0 Å². The van der Waals surface area contributed by atoms with Gasteiger partial charge in [0.15, 0.2) is 0 Å². The summed E-state index contributed by atoms with van der Waals surface area (Å²) in [6.07, 6.45) is 2.15. The molecule has 2 nitrogen and oxygen atoms in total. The van der Waals surface area contributed by atoms with Gasteiger partial charge in [-0.15, -0.1) is 0 Å². The van der Waals surface area contributed by atoms with E-state index in [-0.39, 0.29) is 10.8 Å². The lowest BCUT2D eigenvalue weighted by atomic mass is 9.65. The largest absolute Gasteiger partial charge is 0.150 e. The summed E-state index contributed by atoms with van der Waals surface area (Å²) >= 11 is 0. The third kappa shape index (κ3) is 3.07. The van der Waals surface area contributed by atoms with Crippen molar-refractivity contribution in [3.63, 3.8) is 0 Å². The van der Waals surface area contributed by atoms with Crippen molar-refractivity contribution in [2.24, 2.45) is 16.0 Å². The molecule has 0 aromatic heterocycles. The third-order valence-corrected chi connectivity index (χ3v) is 3.76. The fraction of sp³-hybridized carbons (Fsp3) is 1.00. The molecular formula is C12H25NO. The molecule has 0 aliphatic rings. The Labute approximate surface area is 88.4 Å². The standard InChI is InChI=1S/C12H25NO/c1-8-10(2,3)9-11(4,5)12(6,7)13-14/h8-9H2,1-7H3. The molecule has 0 saturated carbocycles. The van der Waals surface area contributed by atoms with Crippen molar-refractivity contribution in [1.29, 1.82) is 0 Å². The maximum absolute atomic E-state index is 10.8. The van der Waals surface area contributed by atoms with E-state index in [1.54, 1.807) is 0 Å². The van der Waals surface area contributed by atoms with E-state index in [0.29, 0.717) is 0 Å². The first kappa shape index (κ1) is 13.6. The summed E-state index contributed by atoms with van der Waals surface area (Å²) in [7, 11) is 0. The molecule has 0 rings (SSSR count). The lowest BCUT2D eigenvalue weighted by Crippen LogP contribution is -2.40. The first-order chi connectivity index (χ1) is 6.08. The smallest absolute Gasteiger partial charge is 0.102 e. The molecule has 0 bridgehead atoms. The topological polar surface area (TPSA) is 29.4 Å². The predicted molar refractivity (Wildman–Crippen MR) is 62.3 cm³/mol. The van der Waals surface area contributed by atoms with Gasteiger partial charge in [0.2, 0.25) is 0 Å². The molecule has 0 spiro atoms. The lowest BCUT2D eigenvalue weighted by molar-refractivity contribution is 0.112. The van der Waals surface area contributed by atoms with Crippen molar-refractivity contribution < 1.29 is 0 Å². The zero-order valence-corrected chi connectivity index (χ0v) is 10.8. The summed E-state index contributed by atoms with van der Waals surface area (Å²) in [5, 5.41) is 3.26. The average Bonchev–Trinajstić information content (AvgIpc) is 2.02. The van der Waals surface area contributed by atoms with Crippen LogP contribution in [-0.4, -0.2) is 5.54 Å². The third-order valence-electron chi connectivity index (χ3n) is 3.76. The van der Waals surface area contributed by atoms with Gasteiger partial charge in [-0.1, -0.05) is 46.2 Å². The first-order valence-electron chi connectivity index (χ1n) is 5.42. The molecule has 0 fully saturated rings. The van der Waals surface area contributed by atoms with Crippen molar-refractivity contribution in [2.75, 3.05) is 0 Å². The number of nitroso groups, excluding NO2 is 1. The fourth-order valence-electron chi connectivity index (χ4n) is 1.66. The highest BCUT2D eigenvalue weighted by atomic mass is 16.3. The molecule has 0 radical (unpaired) electrons. The average molecular weight is 199 g/mol. The predicted octanol–water partition coefficient (Wildman–Crippen LogP) is 4.38. The molecule has 0 saturated heterocycles. The second-order valence-corrected chi connectivity index (χ2v) is 6.23. The van der Waals surface area contributed by atoms with E-state index < -0.39 is 5.54 Å².